The Bertz CT molecular complexity index is 1740. The van der Waals surface area contributed by atoms with Gasteiger partial charge in [0.25, 0.3) is 0 Å². The SMILES string of the molecule is CCCCCCCCn1c(C)c(C2(c3c(C)n(CCCC)c4ccccc34)OC(=O)c3ncccc32)c2ccccc21. The van der Waals surface area contributed by atoms with E-state index in [0.717, 1.165) is 71.2 Å². The molecule has 218 valence electrons. The number of carbonyl (C=O) groups is 1. The van der Waals surface area contributed by atoms with Gasteiger partial charge >= 0.3 is 5.97 Å². The highest BCUT2D eigenvalue weighted by molar-refractivity contribution is 6.00. The topological polar surface area (TPSA) is 49.0 Å². The highest BCUT2D eigenvalue weighted by atomic mass is 16.6. The van der Waals surface area contributed by atoms with E-state index in [9.17, 15) is 4.79 Å². The number of pyridine rings is 1. The van der Waals surface area contributed by atoms with Crippen LogP contribution in [0.25, 0.3) is 21.8 Å². The van der Waals surface area contributed by atoms with E-state index in [4.69, 9.17) is 4.74 Å². The van der Waals surface area contributed by atoms with Crippen LogP contribution in [-0.2, 0) is 23.4 Å². The maximum absolute atomic E-state index is 13.7. The van der Waals surface area contributed by atoms with E-state index in [-0.39, 0.29) is 5.97 Å². The number of aryl methyl sites for hydroxylation is 2. The second-order valence-corrected chi connectivity index (χ2v) is 11.8. The molecule has 4 heterocycles. The van der Waals surface area contributed by atoms with Crippen molar-refractivity contribution in [2.24, 2.45) is 0 Å². The van der Waals surface area contributed by atoms with Gasteiger partial charge in [-0.2, -0.15) is 0 Å². The molecular formula is C37H43N3O2. The minimum absolute atomic E-state index is 0.359. The molecule has 0 N–H and O–H groups in total. The molecule has 5 aromatic rings. The van der Waals surface area contributed by atoms with Crippen molar-refractivity contribution >= 4 is 27.8 Å². The van der Waals surface area contributed by atoms with E-state index in [1.54, 1.807) is 6.20 Å². The number of carbonyl (C=O) groups excluding carboxylic acids is 1. The van der Waals surface area contributed by atoms with Crippen LogP contribution in [0.15, 0.2) is 66.9 Å². The Kier molecular flexibility index (Phi) is 7.94. The van der Waals surface area contributed by atoms with Crippen LogP contribution in [0.1, 0.15) is 104 Å². The molecule has 0 amide bonds. The molecule has 0 bridgehead atoms. The van der Waals surface area contributed by atoms with Crippen LogP contribution < -0.4 is 0 Å². The fraction of sp³-hybridized carbons (Fsp3) is 0.405. The van der Waals surface area contributed by atoms with E-state index < -0.39 is 5.60 Å². The number of cyclic esters (lactones) is 1. The second kappa shape index (κ2) is 11.8. The molecule has 1 unspecified atom stereocenters. The van der Waals surface area contributed by atoms with Crippen molar-refractivity contribution in [2.75, 3.05) is 0 Å². The van der Waals surface area contributed by atoms with E-state index in [1.165, 1.54) is 43.1 Å². The van der Waals surface area contributed by atoms with E-state index in [1.807, 2.05) is 12.1 Å². The largest absolute Gasteiger partial charge is 0.439 e. The van der Waals surface area contributed by atoms with Gasteiger partial charge in [0, 0.05) is 69.2 Å². The average molecular weight is 562 g/mol. The molecule has 2 aromatic carbocycles. The Morgan fingerprint density at radius 2 is 1.24 bits per heavy atom. The van der Waals surface area contributed by atoms with Gasteiger partial charge in [-0.15, -0.1) is 0 Å². The van der Waals surface area contributed by atoms with Crippen molar-refractivity contribution in [3.63, 3.8) is 0 Å². The predicted molar refractivity (Wildman–Crippen MR) is 171 cm³/mol. The highest BCUT2D eigenvalue weighted by Gasteiger charge is 2.54. The first-order chi connectivity index (χ1) is 20.5. The van der Waals surface area contributed by atoms with E-state index in [2.05, 4.69) is 90.3 Å². The maximum atomic E-state index is 13.7. The van der Waals surface area contributed by atoms with Gasteiger partial charge in [0.15, 0.2) is 11.3 Å². The minimum Gasteiger partial charge on any atom is -0.439 e. The lowest BCUT2D eigenvalue weighted by Crippen LogP contribution is -2.31. The summed E-state index contributed by atoms with van der Waals surface area (Å²) in [6.07, 6.45) is 11.4. The predicted octanol–water partition coefficient (Wildman–Crippen LogP) is 9.23. The van der Waals surface area contributed by atoms with Crippen LogP contribution in [-0.4, -0.2) is 20.1 Å². The Balaban J connectivity index is 1.62. The molecule has 0 saturated heterocycles. The molecule has 3 aromatic heterocycles. The zero-order valence-corrected chi connectivity index (χ0v) is 25.6. The maximum Gasteiger partial charge on any atom is 0.358 e. The third-order valence-electron chi connectivity index (χ3n) is 9.26. The average Bonchev–Trinajstić information content (AvgIpc) is 3.58. The lowest BCUT2D eigenvalue weighted by molar-refractivity contribution is 0.0253. The van der Waals surface area contributed by atoms with Crippen LogP contribution in [0.5, 0.6) is 0 Å². The summed E-state index contributed by atoms with van der Waals surface area (Å²) in [6, 6.07) is 21.2. The Hall–Kier alpha value is -3.86. The molecule has 42 heavy (non-hydrogen) atoms. The monoisotopic (exact) mass is 561 g/mol. The normalized spacial score (nSPS) is 16.4. The number of unbranched alkanes of at least 4 members (excludes halogenated alkanes) is 6. The highest BCUT2D eigenvalue weighted by Crippen LogP contribution is 2.53. The summed E-state index contributed by atoms with van der Waals surface area (Å²) in [4.78, 5) is 18.3. The number of aromatic nitrogens is 3. The zero-order chi connectivity index (χ0) is 29.3. The number of para-hydroxylation sites is 2. The number of esters is 1. The molecule has 5 nitrogen and oxygen atoms in total. The summed E-state index contributed by atoms with van der Waals surface area (Å²) in [5, 5.41) is 2.26. The quantitative estimate of drug-likeness (QED) is 0.113. The molecular weight excluding hydrogens is 518 g/mol. The Labute approximate surface area is 249 Å². The lowest BCUT2D eigenvalue weighted by atomic mass is 9.78. The van der Waals surface area contributed by atoms with Crippen molar-refractivity contribution < 1.29 is 9.53 Å². The first-order valence-corrected chi connectivity index (χ1v) is 15.9. The third-order valence-corrected chi connectivity index (χ3v) is 9.26. The molecule has 0 fully saturated rings. The van der Waals surface area contributed by atoms with Crippen molar-refractivity contribution in [2.45, 2.75) is 97.8 Å². The number of rotatable bonds is 12. The number of hydrogen-bond donors (Lipinski definition) is 0. The summed E-state index contributed by atoms with van der Waals surface area (Å²) in [7, 11) is 0. The van der Waals surface area contributed by atoms with Gasteiger partial charge in [-0.05, 0) is 44.9 Å². The van der Waals surface area contributed by atoms with Gasteiger partial charge in [0.2, 0.25) is 0 Å². The lowest BCUT2D eigenvalue weighted by Gasteiger charge is -2.31. The molecule has 5 heteroatoms. The molecule has 0 spiro atoms. The number of hydrogen-bond acceptors (Lipinski definition) is 3. The molecule has 1 aliphatic heterocycles. The molecule has 6 rings (SSSR count). The molecule has 1 aliphatic rings. The minimum atomic E-state index is -1.10. The van der Waals surface area contributed by atoms with Gasteiger partial charge in [-0.3, -0.25) is 0 Å². The van der Waals surface area contributed by atoms with Crippen LogP contribution in [0.4, 0.5) is 0 Å². The van der Waals surface area contributed by atoms with Gasteiger partial charge in [-0.1, -0.05) is 94.8 Å². The summed E-state index contributed by atoms with van der Waals surface area (Å²) >= 11 is 0. The van der Waals surface area contributed by atoms with Crippen LogP contribution in [0.3, 0.4) is 0 Å². The Morgan fingerprint density at radius 3 is 1.86 bits per heavy atom. The fourth-order valence-electron chi connectivity index (χ4n) is 7.28. The van der Waals surface area contributed by atoms with Crippen molar-refractivity contribution in [3.8, 4) is 0 Å². The summed E-state index contributed by atoms with van der Waals surface area (Å²) in [6.45, 7) is 10.8. The van der Waals surface area contributed by atoms with Gasteiger partial charge in [0.1, 0.15) is 0 Å². The van der Waals surface area contributed by atoms with Crippen molar-refractivity contribution in [1.82, 2.24) is 14.1 Å². The first-order valence-electron chi connectivity index (χ1n) is 15.9. The molecule has 0 saturated carbocycles. The van der Waals surface area contributed by atoms with E-state index >= 15 is 0 Å². The van der Waals surface area contributed by atoms with Crippen LogP contribution in [0, 0.1) is 13.8 Å². The van der Waals surface area contributed by atoms with Crippen molar-refractivity contribution in [1.29, 1.82) is 0 Å². The molecule has 1 atom stereocenters. The first kappa shape index (κ1) is 28.3. The zero-order valence-electron chi connectivity index (χ0n) is 25.6. The van der Waals surface area contributed by atoms with Gasteiger partial charge in [-0.25, -0.2) is 9.78 Å². The number of benzene rings is 2. The summed E-state index contributed by atoms with van der Waals surface area (Å²) < 4.78 is 11.6. The standard InChI is InChI=1S/C37H43N3O2/c1-5-7-9-10-11-16-25-40-27(4)34(29-19-13-15-22-32(29)40)37(30-20-17-23-38-35(30)36(41)42-37)33-26(3)39(24-8-6-2)31-21-14-12-18-28(31)33/h12-15,17-23H,5-11,16,24-25H2,1-4H3. The van der Waals surface area contributed by atoms with Gasteiger partial charge < -0.3 is 13.9 Å². The fourth-order valence-corrected chi connectivity index (χ4v) is 7.28. The van der Waals surface area contributed by atoms with Crippen LogP contribution >= 0.6 is 0 Å². The van der Waals surface area contributed by atoms with E-state index in [0.29, 0.717) is 5.69 Å². The number of fused-ring (bicyclic) bond motifs is 3. The Morgan fingerprint density at radius 1 is 0.690 bits per heavy atom. The van der Waals surface area contributed by atoms with Crippen molar-refractivity contribution in [3.05, 3.63) is 101 Å². The third kappa shape index (κ3) is 4.45. The van der Waals surface area contributed by atoms with Gasteiger partial charge in [0.05, 0.1) is 0 Å². The smallest absolute Gasteiger partial charge is 0.358 e. The molecule has 0 radical (unpaired) electrons. The molecule has 0 aliphatic carbocycles. The van der Waals surface area contributed by atoms with Crippen LogP contribution in [0.2, 0.25) is 0 Å². The summed E-state index contributed by atoms with van der Waals surface area (Å²) in [5.41, 5.74) is 6.93. The summed E-state index contributed by atoms with van der Waals surface area (Å²) in [5.74, 6) is -0.359. The second-order valence-electron chi connectivity index (χ2n) is 11.8. The number of ether oxygens (including phenoxy) is 1. The number of nitrogens with zero attached hydrogens (tertiary/aromatic N) is 3.